The molecule has 2 N–H and O–H groups in total. The maximum Gasteiger partial charge on any atom is 0.251 e. The first-order chi connectivity index (χ1) is 7.11. The van der Waals surface area contributed by atoms with Crippen molar-refractivity contribution < 1.29 is 5.11 Å². The van der Waals surface area contributed by atoms with Crippen LogP contribution in [0.5, 0.6) is 0 Å². The summed E-state index contributed by atoms with van der Waals surface area (Å²) in [6.45, 7) is 3.76. The van der Waals surface area contributed by atoms with E-state index in [2.05, 4.69) is 9.97 Å². The van der Waals surface area contributed by atoms with Gasteiger partial charge in [0.1, 0.15) is 0 Å². The predicted molar refractivity (Wildman–Crippen MR) is 61.3 cm³/mol. The Labute approximate surface area is 93.1 Å². The van der Waals surface area contributed by atoms with Gasteiger partial charge < -0.3 is 10.1 Å². The highest BCUT2D eigenvalue weighted by molar-refractivity contribution is 7.99. The van der Waals surface area contributed by atoms with Gasteiger partial charge in [-0.05, 0) is 13.3 Å². The van der Waals surface area contributed by atoms with E-state index in [1.54, 1.807) is 6.92 Å². The molecule has 0 saturated carbocycles. The van der Waals surface area contributed by atoms with Gasteiger partial charge in [-0.2, -0.15) is 0 Å². The van der Waals surface area contributed by atoms with Crippen LogP contribution in [0.4, 0.5) is 0 Å². The first-order valence-corrected chi connectivity index (χ1v) is 6.01. The average molecular weight is 228 g/mol. The molecule has 0 aliphatic heterocycles. The van der Waals surface area contributed by atoms with Crippen molar-refractivity contribution in [3.05, 3.63) is 22.1 Å². The second-order valence-electron chi connectivity index (χ2n) is 3.45. The van der Waals surface area contributed by atoms with Crippen LogP contribution >= 0.6 is 11.8 Å². The molecule has 0 spiro atoms. The molecule has 1 heterocycles. The molecule has 0 aliphatic carbocycles. The molecule has 0 saturated heterocycles. The standard InChI is InChI=1S/C10H16N2O2S/c1-3-4-8-5-9(14)12-10(11-8)15-6-7(2)13/h5,7,13H,3-4,6H2,1-2H3,(H,11,12,14). The first kappa shape index (κ1) is 12.3. The van der Waals surface area contributed by atoms with Crippen LogP contribution in [0.25, 0.3) is 0 Å². The van der Waals surface area contributed by atoms with Crippen molar-refractivity contribution in [2.45, 2.75) is 37.9 Å². The van der Waals surface area contributed by atoms with Crippen molar-refractivity contribution in [3.63, 3.8) is 0 Å². The molecule has 5 heteroatoms. The van der Waals surface area contributed by atoms with Crippen LogP contribution < -0.4 is 5.56 Å². The van der Waals surface area contributed by atoms with E-state index in [4.69, 9.17) is 5.11 Å². The topological polar surface area (TPSA) is 66.0 Å². The van der Waals surface area contributed by atoms with Crippen molar-refractivity contribution in [3.8, 4) is 0 Å². The molecule has 0 bridgehead atoms. The highest BCUT2D eigenvalue weighted by Crippen LogP contribution is 2.12. The fourth-order valence-electron chi connectivity index (χ4n) is 1.14. The molecule has 0 radical (unpaired) electrons. The summed E-state index contributed by atoms with van der Waals surface area (Å²) in [5.41, 5.74) is 0.691. The fraction of sp³-hybridized carbons (Fsp3) is 0.600. The van der Waals surface area contributed by atoms with Gasteiger partial charge in [0.05, 0.1) is 6.10 Å². The minimum atomic E-state index is -0.393. The van der Waals surface area contributed by atoms with Crippen LogP contribution in [0.2, 0.25) is 0 Å². The van der Waals surface area contributed by atoms with Gasteiger partial charge in [-0.25, -0.2) is 4.98 Å². The van der Waals surface area contributed by atoms with Crippen LogP contribution in [0.15, 0.2) is 16.0 Å². The zero-order valence-corrected chi connectivity index (χ0v) is 9.80. The highest BCUT2D eigenvalue weighted by Gasteiger charge is 2.03. The third kappa shape index (κ3) is 4.48. The van der Waals surface area contributed by atoms with Crippen LogP contribution in [-0.4, -0.2) is 26.9 Å². The number of aromatic nitrogens is 2. The number of hydrogen-bond acceptors (Lipinski definition) is 4. The Bertz CT molecular complexity index is 363. The molecule has 4 nitrogen and oxygen atoms in total. The molecule has 15 heavy (non-hydrogen) atoms. The number of aryl methyl sites for hydroxylation is 1. The van der Waals surface area contributed by atoms with Crippen molar-refractivity contribution in [1.82, 2.24) is 9.97 Å². The summed E-state index contributed by atoms with van der Waals surface area (Å²) < 4.78 is 0. The largest absolute Gasteiger partial charge is 0.393 e. The third-order valence-electron chi connectivity index (χ3n) is 1.74. The maximum atomic E-state index is 11.3. The van der Waals surface area contributed by atoms with E-state index in [9.17, 15) is 4.79 Å². The van der Waals surface area contributed by atoms with E-state index in [0.717, 1.165) is 18.5 Å². The third-order valence-corrected chi connectivity index (χ3v) is 2.86. The van der Waals surface area contributed by atoms with E-state index in [0.29, 0.717) is 10.9 Å². The highest BCUT2D eigenvalue weighted by atomic mass is 32.2. The maximum absolute atomic E-state index is 11.3. The number of thioether (sulfide) groups is 1. The molecule has 1 atom stereocenters. The number of hydrogen-bond donors (Lipinski definition) is 2. The fourth-order valence-corrected chi connectivity index (χ4v) is 1.89. The molecule has 0 fully saturated rings. The minimum Gasteiger partial charge on any atom is -0.393 e. The molecule has 1 aromatic rings. The molecule has 1 unspecified atom stereocenters. The Morgan fingerprint density at radius 2 is 2.40 bits per heavy atom. The van der Waals surface area contributed by atoms with Gasteiger partial charge in [-0.3, -0.25) is 4.79 Å². The summed E-state index contributed by atoms with van der Waals surface area (Å²) in [4.78, 5) is 18.2. The van der Waals surface area contributed by atoms with Crippen molar-refractivity contribution in [1.29, 1.82) is 0 Å². The van der Waals surface area contributed by atoms with Gasteiger partial charge >= 0.3 is 0 Å². The van der Waals surface area contributed by atoms with E-state index in [-0.39, 0.29) is 5.56 Å². The Balaban J connectivity index is 2.75. The Morgan fingerprint density at radius 3 is 3.00 bits per heavy atom. The molecule has 1 aromatic heterocycles. The molecule has 84 valence electrons. The first-order valence-electron chi connectivity index (χ1n) is 5.03. The lowest BCUT2D eigenvalue weighted by molar-refractivity contribution is 0.220. The number of aromatic amines is 1. The van der Waals surface area contributed by atoms with Gasteiger partial charge in [0.2, 0.25) is 0 Å². The number of aliphatic hydroxyl groups excluding tert-OH is 1. The minimum absolute atomic E-state index is 0.124. The zero-order valence-electron chi connectivity index (χ0n) is 8.99. The van der Waals surface area contributed by atoms with E-state index in [1.807, 2.05) is 6.92 Å². The van der Waals surface area contributed by atoms with Gasteiger partial charge in [-0.1, -0.05) is 25.1 Å². The summed E-state index contributed by atoms with van der Waals surface area (Å²) in [6.07, 6.45) is 1.39. The molecule has 1 rings (SSSR count). The average Bonchev–Trinajstić information content (AvgIpc) is 2.14. The quantitative estimate of drug-likeness (QED) is 0.587. The molecular weight excluding hydrogens is 212 g/mol. The molecule has 0 amide bonds. The summed E-state index contributed by atoms with van der Waals surface area (Å²) in [5, 5.41) is 9.70. The number of nitrogens with zero attached hydrogens (tertiary/aromatic N) is 1. The summed E-state index contributed by atoms with van der Waals surface area (Å²) in [5.74, 6) is 0.540. The van der Waals surface area contributed by atoms with Crippen molar-refractivity contribution >= 4 is 11.8 Å². The van der Waals surface area contributed by atoms with Gasteiger partial charge in [0.15, 0.2) is 5.16 Å². The van der Waals surface area contributed by atoms with Crippen LogP contribution in [-0.2, 0) is 6.42 Å². The van der Waals surface area contributed by atoms with Gasteiger partial charge in [0.25, 0.3) is 5.56 Å². The van der Waals surface area contributed by atoms with Crippen LogP contribution in [0.3, 0.4) is 0 Å². The Kier molecular flexibility index (Phi) is 4.84. The van der Waals surface area contributed by atoms with Crippen LogP contribution in [0.1, 0.15) is 26.0 Å². The SMILES string of the molecule is CCCc1cc(=O)[nH]c(SCC(C)O)n1. The van der Waals surface area contributed by atoms with Crippen LogP contribution in [0, 0.1) is 0 Å². The Hall–Kier alpha value is -0.810. The number of nitrogens with one attached hydrogen (secondary N) is 1. The number of H-pyrrole nitrogens is 1. The smallest absolute Gasteiger partial charge is 0.251 e. The number of aliphatic hydroxyl groups is 1. The van der Waals surface area contributed by atoms with Crippen molar-refractivity contribution in [2.24, 2.45) is 0 Å². The summed E-state index contributed by atoms with van der Waals surface area (Å²) in [6, 6.07) is 1.52. The molecular formula is C10H16N2O2S. The van der Waals surface area contributed by atoms with E-state index >= 15 is 0 Å². The molecule has 0 aromatic carbocycles. The Morgan fingerprint density at radius 1 is 1.67 bits per heavy atom. The second kappa shape index (κ2) is 5.92. The summed E-state index contributed by atoms with van der Waals surface area (Å²) >= 11 is 1.37. The second-order valence-corrected chi connectivity index (χ2v) is 4.46. The summed E-state index contributed by atoms with van der Waals surface area (Å²) in [7, 11) is 0. The normalized spacial score (nSPS) is 12.7. The lowest BCUT2D eigenvalue weighted by atomic mass is 10.2. The van der Waals surface area contributed by atoms with Gasteiger partial charge in [0, 0.05) is 17.5 Å². The monoisotopic (exact) mass is 228 g/mol. The van der Waals surface area contributed by atoms with E-state index in [1.165, 1.54) is 17.8 Å². The number of rotatable bonds is 5. The zero-order chi connectivity index (χ0) is 11.3. The lowest BCUT2D eigenvalue weighted by Crippen LogP contribution is -2.11. The van der Waals surface area contributed by atoms with E-state index < -0.39 is 6.10 Å². The van der Waals surface area contributed by atoms with Gasteiger partial charge in [-0.15, -0.1) is 0 Å². The van der Waals surface area contributed by atoms with Crippen molar-refractivity contribution in [2.75, 3.05) is 5.75 Å². The lowest BCUT2D eigenvalue weighted by Gasteiger charge is -2.04. The predicted octanol–water partition coefficient (Wildman–Crippen LogP) is 1.20. The molecule has 0 aliphatic rings.